The lowest BCUT2D eigenvalue weighted by Crippen LogP contribution is -2.30. The van der Waals surface area contributed by atoms with Crippen molar-refractivity contribution in [1.29, 1.82) is 0 Å². The molecule has 1 heterocycles. The van der Waals surface area contributed by atoms with Gasteiger partial charge in [-0.05, 0) is 23.4 Å². The molecule has 1 aliphatic heterocycles. The third-order valence-electron chi connectivity index (χ3n) is 2.52. The lowest BCUT2D eigenvalue weighted by molar-refractivity contribution is -0.137. The summed E-state index contributed by atoms with van der Waals surface area (Å²) in [5.74, 6) is -1.47. The number of hydrogen-bond donors (Lipinski definition) is 1. The maximum atomic E-state index is 12.0. The fraction of sp³-hybridized carbons (Fsp3) is 0.154. The summed E-state index contributed by atoms with van der Waals surface area (Å²) in [6.45, 7) is -0.0911. The van der Waals surface area contributed by atoms with Gasteiger partial charge in [0.1, 0.15) is 0 Å². The monoisotopic (exact) mass is 277 g/mol. The second-order valence-electron chi connectivity index (χ2n) is 3.89. The molecule has 2 amide bonds. The van der Waals surface area contributed by atoms with Gasteiger partial charge in [-0.3, -0.25) is 19.3 Å². The van der Waals surface area contributed by atoms with Gasteiger partial charge in [0.25, 0.3) is 11.1 Å². The first kappa shape index (κ1) is 13.4. The number of imide groups is 1. The van der Waals surface area contributed by atoms with Gasteiger partial charge in [-0.1, -0.05) is 30.3 Å². The van der Waals surface area contributed by atoms with E-state index in [4.69, 9.17) is 5.11 Å². The number of carboxylic acids is 1. The molecule has 1 aliphatic rings. The molecule has 0 radical (unpaired) electrons. The maximum Gasteiger partial charge on any atom is 0.305 e. The summed E-state index contributed by atoms with van der Waals surface area (Å²) in [4.78, 5) is 35.3. The topological polar surface area (TPSA) is 74.7 Å². The van der Waals surface area contributed by atoms with Crippen LogP contribution in [0.3, 0.4) is 0 Å². The zero-order chi connectivity index (χ0) is 13.8. The molecule has 0 unspecified atom stereocenters. The summed E-state index contributed by atoms with van der Waals surface area (Å²) in [6, 6.07) is 9.17. The van der Waals surface area contributed by atoms with Gasteiger partial charge in [-0.25, -0.2) is 0 Å². The molecule has 1 fully saturated rings. The minimum absolute atomic E-state index is 0.0911. The molecule has 6 heteroatoms. The van der Waals surface area contributed by atoms with Crippen LogP contribution >= 0.6 is 11.8 Å². The van der Waals surface area contributed by atoms with Gasteiger partial charge in [0.05, 0.1) is 11.3 Å². The molecule has 5 nitrogen and oxygen atoms in total. The van der Waals surface area contributed by atoms with Crippen LogP contribution in [0.1, 0.15) is 12.0 Å². The zero-order valence-electron chi connectivity index (χ0n) is 9.91. The van der Waals surface area contributed by atoms with Gasteiger partial charge in [0.15, 0.2) is 0 Å². The third kappa shape index (κ3) is 3.23. The van der Waals surface area contributed by atoms with Crippen LogP contribution in [0.5, 0.6) is 0 Å². The molecule has 98 valence electrons. The predicted molar refractivity (Wildman–Crippen MR) is 71.4 cm³/mol. The van der Waals surface area contributed by atoms with E-state index in [0.29, 0.717) is 4.91 Å². The highest BCUT2D eigenvalue weighted by Crippen LogP contribution is 2.32. The van der Waals surface area contributed by atoms with E-state index in [1.165, 1.54) is 0 Å². The van der Waals surface area contributed by atoms with Crippen LogP contribution < -0.4 is 0 Å². The minimum atomic E-state index is -1.04. The summed E-state index contributed by atoms with van der Waals surface area (Å²) < 4.78 is 0. The summed E-state index contributed by atoms with van der Waals surface area (Å²) >= 11 is 0.834. The Bertz CT molecular complexity index is 553. The number of carboxylic acid groups (broad SMARTS) is 1. The highest BCUT2D eigenvalue weighted by molar-refractivity contribution is 8.18. The highest BCUT2D eigenvalue weighted by atomic mass is 32.2. The van der Waals surface area contributed by atoms with Crippen molar-refractivity contribution in [3.05, 3.63) is 40.8 Å². The fourth-order valence-corrected chi connectivity index (χ4v) is 2.47. The molecular weight excluding hydrogens is 266 g/mol. The summed E-state index contributed by atoms with van der Waals surface area (Å²) in [5, 5.41) is 8.15. The van der Waals surface area contributed by atoms with E-state index in [2.05, 4.69) is 0 Å². The average molecular weight is 277 g/mol. The maximum absolute atomic E-state index is 12.0. The SMILES string of the molecule is O=C(O)CCN1C(=O)S/C(=C/c2ccccc2)C1=O. The Morgan fingerprint density at radius 2 is 1.95 bits per heavy atom. The van der Waals surface area contributed by atoms with Crippen LogP contribution in [0.2, 0.25) is 0 Å². The molecular formula is C13H11NO4S. The van der Waals surface area contributed by atoms with E-state index >= 15 is 0 Å². The number of rotatable bonds is 4. The third-order valence-corrected chi connectivity index (χ3v) is 3.43. The Morgan fingerprint density at radius 3 is 2.58 bits per heavy atom. The van der Waals surface area contributed by atoms with Gasteiger partial charge in [0.2, 0.25) is 0 Å². The van der Waals surface area contributed by atoms with E-state index in [1.807, 2.05) is 30.3 Å². The van der Waals surface area contributed by atoms with Crippen LogP contribution in [-0.2, 0) is 9.59 Å². The summed E-state index contributed by atoms with van der Waals surface area (Å²) in [6.07, 6.45) is 1.39. The first-order valence-corrected chi connectivity index (χ1v) is 6.42. The van der Waals surface area contributed by atoms with Crippen molar-refractivity contribution in [2.75, 3.05) is 6.54 Å². The van der Waals surface area contributed by atoms with Gasteiger partial charge >= 0.3 is 5.97 Å². The van der Waals surface area contributed by atoms with E-state index < -0.39 is 17.1 Å². The zero-order valence-corrected chi connectivity index (χ0v) is 10.7. The van der Waals surface area contributed by atoms with Gasteiger partial charge in [0, 0.05) is 6.54 Å². The van der Waals surface area contributed by atoms with Gasteiger partial charge in [-0.2, -0.15) is 0 Å². The van der Waals surface area contributed by atoms with Crippen molar-refractivity contribution in [2.24, 2.45) is 0 Å². The van der Waals surface area contributed by atoms with Gasteiger partial charge < -0.3 is 5.11 Å². The number of nitrogens with zero attached hydrogens (tertiary/aromatic N) is 1. The second-order valence-corrected chi connectivity index (χ2v) is 4.88. The molecule has 1 aromatic carbocycles. The van der Waals surface area contributed by atoms with E-state index in [1.54, 1.807) is 6.08 Å². The van der Waals surface area contributed by atoms with Crippen LogP contribution in [0.15, 0.2) is 35.2 Å². The minimum Gasteiger partial charge on any atom is -0.481 e. The quantitative estimate of drug-likeness (QED) is 0.854. The Labute approximate surface area is 113 Å². The fourth-order valence-electron chi connectivity index (χ4n) is 1.60. The number of aliphatic carboxylic acids is 1. The largest absolute Gasteiger partial charge is 0.481 e. The van der Waals surface area contributed by atoms with Crippen molar-refractivity contribution in [3.63, 3.8) is 0 Å². The molecule has 19 heavy (non-hydrogen) atoms. The normalized spacial score (nSPS) is 17.3. The van der Waals surface area contributed by atoms with E-state index in [9.17, 15) is 14.4 Å². The van der Waals surface area contributed by atoms with Crippen LogP contribution in [0.25, 0.3) is 6.08 Å². The molecule has 0 aromatic heterocycles. The predicted octanol–water partition coefficient (Wildman–Crippen LogP) is 2.20. The Morgan fingerprint density at radius 1 is 1.26 bits per heavy atom. The Kier molecular flexibility index (Phi) is 4.01. The Hall–Kier alpha value is -2.08. The molecule has 1 saturated heterocycles. The van der Waals surface area contributed by atoms with E-state index in [-0.39, 0.29) is 13.0 Å². The Balaban J connectivity index is 2.14. The second kappa shape index (κ2) is 5.71. The van der Waals surface area contributed by atoms with Crippen LogP contribution in [-0.4, -0.2) is 33.7 Å². The lowest BCUT2D eigenvalue weighted by atomic mass is 10.2. The van der Waals surface area contributed by atoms with Crippen molar-refractivity contribution >= 4 is 35.0 Å². The summed E-state index contributed by atoms with van der Waals surface area (Å²) in [5.41, 5.74) is 0.825. The number of benzene rings is 1. The van der Waals surface area contributed by atoms with Crippen molar-refractivity contribution in [3.8, 4) is 0 Å². The van der Waals surface area contributed by atoms with E-state index in [0.717, 1.165) is 22.2 Å². The van der Waals surface area contributed by atoms with Crippen LogP contribution in [0, 0.1) is 0 Å². The summed E-state index contributed by atoms with van der Waals surface area (Å²) in [7, 11) is 0. The number of amides is 2. The molecule has 0 saturated carbocycles. The van der Waals surface area contributed by atoms with Crippen molar-refractivity contribution in [1.82, 2.24) is 4.90 Å². The molecule has 0 spiro atoms. The molecule has 0 bridgehead atoms. The van der Waals surface area contributed by atoms with Crippen LogP contribution in [0.4, 0.5) is 4.79 Å². The number of carbonyl (C=O) groups is 3. The first-order chi connectivity index (χ1) is 9.08. The molecule has 0 atom stereocenters. The molecule has 0 aliphatic carbocycles. The number of hydrogen-bond acceptors (Lipinski definition) is 4. The van der Waals surface area contributed by atoms with Gasteiger partial charge in [-0.15, -0.1) is 0 Å². The molecule has 1 N–H and O–H groups in total. The molecule has 1 aromatic rings. The smallest absolute Gasteiger partial charge is 0.305 e. The first-order valence-electron chi connectivity index (χ1n) is 5.60. The number of carbonyl (C=O) groups excluding carboxylic acids is 2. The standard InChI is InChI=1S/C13H11NO4S/c15-11(16)6-7-14-12(17)10(19-13(14)18)8-9-4-2-1-3-5-9/h1-5,8H,6-7H2,(H,15,16)/b10-8+. The van der Waals surface area contributed by atoms with Crippen molar-refractivity contribution in [2.45, 2.75) is 6.42 Å². The molecule has 2 rings (SSSR count). The van der Waals surface area contributed by atoms with Crippen molar-refractivity contribution < 1.29 is 19.5 Å². The number of thioether (sulfide) groups is 1. The lowest BCUT2D eigenvalue weighted by Gasteiger charge is -2.09. The highest BCUT2D eigenvalue weighted by Gasteiger charge is 2.34. The average Bonchev–Trinajstić information content (AvgIpc) is 2.63.